The van der Waals surface area contributed by atoms with E-state index in [0.29, 0.717) is 12.0 Å². The summed E-state index contributed by atoms with van der Waals surface area (Å²) in [6.07, 6.45) is 6.19. The number of aromatic amines is 1. The molecule has 8 nitrogen and oxygen atoms in total. The topological polar surface area (TPSA) is 72.6 Å². The van der Waals surface area contributed by atoms with Gasteiger partial charge in [-0.15, -0.1) is 0 Å². The van der Waals surface area contributed by atoms with Crippen molar-refractivity contribution in [3.63, 3.8) is 0 Å². The van der Waals surface area contributed by atoms with E-state index >= 15 is 0 Å². The molecule has 2 aromatic heterocycles. The van der Waals surface area contributed by atoms with Crippen LogP contribution < -0.4 is 15.0 Å². The van der Waals surface area contributed by atoms with Crippen LogP contribution in [0.3, 0.4) is 0 Å². The van der Waals surface area contributed by atoms with Crippen LogP contribution >= 0.6 is 15.9 Å². The van der Waals surface area contributed by atoms with Crippen LogP contribution in [0, 0.1) is 0 Å². The minimum absolute atomic E-state index is 0.521. The largest absolute Gasteiger partial charge is 0.494 e. The lowest BCUT2D eigenvalue weighted by molar-refractivity contribution is 0.0982. The number of rotatable bonds is 6. The third-order valence-electron chi connectivity index (χ3n) is 7.90. The highest BCUT2D eigenvalue weighted by Gasteiger charge is 2.27. The van der Waals surface area contributed by atoms with Gasteiger partial charge in [0.2, 0.25) is 5.95 Å². The van der Waals surface area contributed by atoms with Crippen molar-refractivity contribution in [3.05, 3.63) is 59.3 Å². The summed E-state index contributed by atoms with van der Waals surface area (Å²) in [4.78, 5) is 20.3. The standard InChI is InChI=1S/C29H34BrN7O/c1-35-13-15-37(16-14-35)20-9-11-36(12-10-20)21-7-8-26(27(17-21)38-2)33-29-32-19-24(30)28(34-29)23-18-31-25-6-4-3-5-22(23)25/h3-8,17-20,31H,9-16H2,1-2H3,(H,32,33,34). The molecule has 0 spiro atoms. The molecule has 0 atom stereocenters. The number of para-hydroxylation sites is 1. The average molecular weight is 577 g/mol. The van der Waals surface area contributed by atoms with Crippen LogP contribution in [0.4, 0.5) is 17.3 Å². The van der Waals surface area contributed by atoms with Gasteiger partial charge in [0.05, 0.1) is 23.0 Å². The SMILES string of the molecule is COc1cc(N2CCC(N3CCN(C)CC3)CC2)ccc1Nc1ncc(Br)c(-c2c[nH]c3ccccc23)n1. The summed E-state index contributed by atoms with van der Waals surface area (Å²) in [5, 5.41) is 4.50. The molecule has 0 amide bonds. The maximum atomic E-state index is 5.79. The number of H-pyrrole nitrogens is 1. The number of halogens is 1. The number of ether oxygens (including phenoxy) is 1. The van der Waals surface area contributed by atoms with Crippen LogP contribution in [0.1, 0.15) is 12.8 Å². The number of likely N-dealkylation sites (N-methyl/N-ethyl adjacent to an activating group) is 1. The fourth-order valence-corrected chi connectivity index (χ4v) is 6.06. The van der Waals surface area contributed by atoms with Crippen molar-refractivity contribution in [2.75, 3.05) is 63.6 Å². The summed E-state index contributed by atoms with van der Waals surface area (Å²) in [7, 11) is 3.93. The molecule has 38 heavy (non-hydrogen) atoms. The molecule has 198 valence electrons. The van der Waals surface area contributed by atoms with E-state index in [-0.39, 0.29) is 0 Å². The minimum atomic E-state index is 0.521. The smallest absolute Gasteiger partial charge is 0.227 e. The lowest BCUT2D eigenvalue weighted by Gasteiger charge is -2.42. The number of aromatic nitrogens is 3. The number of piperazine rings is 1. The predicted molar refractivity (Wildman–Crippen MR) is 158 cm³/mol. The van der Waals surface area contributed by atoms with Gasteiger partial charge in [0.15, 0.2) is 0 Å². The first-order valence-electron chi connectivity index (χ1n) is 13.3. The average Bonchev–Trinajstić information content (AvgIpc) is 3.39. The summed E-state index contributed by atoms with van der Waals surface area (Å²) in [6, 6.07) is 15.3. The molecule has 9 heteroatoms. The van der Waals surface area contributed by atoms with Crippen molar-refractivity contribution in [1.82, 2.24) is 24.8 Å². The number of hydrogen-bond acceptors (Lipinski definition) is 7. The fraction of sp³-hybridized carbons (Fsp3) is 0.379. The van der Waals surface area contributed by atoms with Gasteiger partial charge in [0, 0.05) is 85.9 Å². The normalized spacial score (nSPS) is 17.7. The van der Waals surface area contributed by atoms with Crippen LogP contribution in [0.2, 0.25) is 0 Å². The van der Waals surface area contributed by atoms with Gasteiger partial charge >= 0.3 is 0 Å². The molecule has 0 radical (unpaired) electrons. The number of benzene rings is 2. The Balaban J connectivity index is 1.17. The Hall–Kier alpha value is -3.14. The lowest BCUT2D eigenvalue weighted by atomic mass is 10.0. The van der Waals surface area contributed by atoms with E-state index in [1.165, 1.54) is 44.7 Å². The monoisotopic (exact) mass is 575 g/mol. The third kappa shape index (κ3) is 5.10. The zero-order valence-electron chi connectivity index (χ0n) is 22.0. The summed E-state index contributed by atoms with van der Waals surface area (Å²) in [6.45, 7) is 6.87. The Morgan fingerprint density at radius 3 is 2.61 bits per heavy atom. The molecule has 6 rings (SSSR count). The van der Waals surface area contributed by atoms with Crippen molar-refractivity contribution in [3.8, 4) is 17.0 Å². The van der Waals surface area contributed by atoms with Gasteiger partial charge in [-0.1, -0.05) is 18.2 Å². The Bertz CT molecular complexity index is 1410. The maximum absolute atomic E-state index is 5.79. The van der Waals surface area contributed by atoms with Gasteiger partial charge in [-0.2, -0.15) is 0 Å². The predicted octanol–water partition coefficient (Wildman–Crippen LogP) is 5.36. The van der Waals surface area contributed by atoms with E-state index in [0.717, 1.165) is 51.2 Å². The molecule has 2 fully saturated rings. The van der Waals surface area contributed by atoms with Crippen LogP contribution in [-0.4, -0.2) is 84.2 Å². The highest BCUT2D eigenvalue weighted by Crippen LogP contribution is 2.35. The molecule has 2 saturated heterocycles. The van der Waals surface area contributed by atoms with Crippen LogP contribution in [0.25, 0.3) is 22.2 Å². The molecule has 2 N–H and O–H groups in total. The zero-order valence-corrected chi connectivity index (χ0v) is 23.5. The van der Waals surface area contributed by atoms with Gasteiger partial charge in [-0.05, 0) is 54.0 Å². The van der Waals surface area contributed by atoms with Gasteiger partial charge in [0.25, 0.3) is 0 Å². The number of methoxy groups -OCH3 is 1. The number of hydrogen-bond donors (Lipinski definition) is 2. The number of piperidine rings is 1. The number of anilines is 3. The van der Waals surface area contributed by atoms with Gasteiger partial charge < -0.3 is 24.8 Å². The Kier molecular flexibility index (Phi) is 7.23. The van der Waals surface area contributed by atoms with E-state index < -0.39 is 0 Å². The number of nitrogens with zero attached hydrogens (tertiary/aromatic N) is 5. The van der Waals surface area contributed by atoms with Crippen LogP contribution in [0.15, 0.2) is 59.3 Å². The quantitative estimate of drug-likeness (QED) is 0.321. The summed E-state index contributed by atoms with van der Waals surface area (Å²) in [5.74, 6) is 1.30. The first-order valence-corrected chi connectivity index (χ1v) is 14.1. The molecule has 2 aromatic carbocycles. The third-order valence-corrected chi connectivity index (χ3v) is 8.48. The Labute approximate surface area is 232 Å². The summed E-state index contributed by atoms with van der Waals surface area (Å²) < 4.78 is 6.63. The van der Waals surface area contributed by atoms with Gasteiger partial charge in [0.1, 0.15) is 5.75 Å². The molecule has 4 aromatic rings. The van der Waals surface area contributed by atoms with E-state index in [2.05, 4.69) is 83.3 Å². The van der Waals surface area contributed by atoms with Crippen molar-refractivity contribution < 1.29 is 4.74 Å². The van der Waals surface area contributed by atoms with E-state index in [1.54, 1.807) is 13.3 Å². The van der Waals surface area contributed by atoms with E-state index in [4.69, 9.17) is 9.72 Å². The molecule has 2 aliphatic heterocycles. The second kappa shape index (κ2) is 10.9. The molecule has 0 aliphatic carbocycles. The van der Waals surface area contributed by atoms with E-state index in [1.807, 2.05) is 18.3 Å². The fourth-order valence-electron chi connectivity index (χ4n) is 5.66. The molecule has 0 unspecified atom stereocenters. The van der Waals surface area contributed by atoms with Crippen molar-refractivity contribution >= 4 is 44.2 Å². The molecule has 0 bridgehead atoms. The number of nitrogens with one attached hydrogen (secondary N) is 2. The minimum Gasteiger partial charge on any atom is -0.494 e. The first kappa shape index (κ1) is 25.2. The number of fused-ring (bicyclic) bond motifs is 1. The summed E-state index contributed by atoms with van der Waals surface area (Å²) >= 11 is 3.63. The second-order valence-electron chi connectivity index (χ2n) is 10.2. The van der Waals surface area contributed by atoms with E-state index in [9.17, 15) is 0 Å². The zero-order chi connectivity index (χ0) is 26.1. The van der Waals surface area contributed by atoms with Crippen LogP contribution in [0.5, 0.6) is 5.75 Å². The highest BCUT2D eigenvalue weighted by molar-refractivity contribution is 9.10. The Morgan fingerprint density at radius 2 is 1.82 bits per heavy atom. The van der Waals surface area contributed by atoms with Crippen LogP contribution in [-0.2, 0) is 0 Å². The second-order valence-corrected chi connectivity index (χ2v) is 11.1. The maximum Gasteiger partial charge on any atom is 0.227 e. The van der Waals surface area contributed by atoms with Crippen molar-refractivity contribution in [2.24, 2.45) is 0 Å². The lowest BCUT2D eigenvalue weighted by Crippen LogP contribution is -2.52. The van der Waals surface area contributed by atoms with Crippen molar-refractivity contribution in [2.45, 2.75) is 18.9 Å². The van der Waals surface area contributed by atoms with Gasteiger partial charge in [-0.3, -0.25) is 4.90 Å². The highest BCUT2D eigenvalue weighted by atomic mass is 79.9. The molecule has 4 heterocycles. The molecular formula is C29H34BrN7O. The molecule has 0 saturated carbocycles. The first-order chi connectivity index (χ1) is 18.6. The van der Waals surface area contributed by atoms with Gasteiger partial charge in [-0.25, -0.2) is 9.97 Å². The Morgan fingerprint density at radius 1 is 1.03 bits per heavy atom. The molecule has 2 aliphatic rings. The summed E-state index contributed by atoms with van der Waals surface area (Å²) in [5.41, 5.74) is 4.97. The molecular weight excluding hydrogens is 542 g/mol. The van der Waals surface area contributed by atoms with Crippen molar-refractivity contribution in [1.29, 1.82) is 0 Å².